The molecule has 0 radical (unpaired) electrons. The Labute approximate surface area is 153 Å². The zero-order valence-electron chi connectivity index (χ0n) is 14.7. The molecule has 27 heavy (non-hydrogen) atoms. The lowest BCUT2D eigenvalue weighted by atomic mass is 9.53. The van der Waals surface area contributed by atoms with Gasteiger partial charge in [0.25, 0.3) is 5.56 Å². The number of aromatic nitrogens is 2. The number of carboxylic acid groups (broad SMARTS) is 1. The van der Waals surface area contributed by atoms with E-state index in [1.165, 1.54) is 38.5 Å². The number of aromatic amines is 1. The van der Waals surface area contributed by atoms with Gasteiger partial charge in [-0.2, -0.15) is 0 Å². The fraction of sp³-hybridized carbons (Fsp3) is 0.526. The van der Waals surface area contributed by atoms with E-state index in [0.29, 0.717) is 11.6 Å². The molecule has 1 aromatic heterocycles. The van der Waals surface area contributed by atoms with Gasteiger partial charge in [0.15, 0.2) is 11.6 Å². The second-order valence-electron chi connectivity index (χ2n) is 8.28. The van der Waals surface area contributed by atoms with Crippen molar-refractivity contribution in [1.29, 1.82) is 0 Å². The number of halogens is 2. The van der Waals surface area contributed by atoms with Crippen LogP contribution in [0.3, 0.4) is 0 Å². The minimum atomic E-state index is -1.53. The standard InChI is InChI=1S/C10H17N.C9H4F2N2O3/c11-10-4-7-1-8(5-10)3-9(2-7)6-10;10-3-1-5-6(2-4(3)11)13-8(14)7(12-5)9(15)16/h7-9H,1-6,11H2;1-2H,(H,13,14)(H,15,16). The van der Waals surface area contributed by atoms with Crippen LogP contribution in [0.5, 0.6) is 0 Å². The van der Waals surface area contributed by atoms with Crippen LogP contribution in [0.25, 0.3) is 11.0 Å². The van der Waals surface area contributed by atoms with E-state index in [1.807, 2.05) is 0 Å². The highest BCUT2D eigenvalue weighted by Crippen LogP contribution is 2.54. The van der Waals surface area contributed by atoms with Crippen molar-refractivity contribution in [3.8, 4) is 0 Å². The van der Waals surface area contributed by atoms with Crippen LogP contribution in [0.4, 0.5) is 8.78 Å². The molecule has 0 aliphatic heterocycles. The Morgan fingerprint density at radius 2 is 1.63 bits per heavy atom. The van der Waals surface area contributed by atoms with E-state index in [1.54, 1.807) is 0 Å². The molecule has 0 saturated heterocycles. The molecule has 1 aromatic carbocycles. The average molecular weight is 377 g/mol. The monoisotopic (exact) mass is 377 g/mol. The topological polar surface area (TPSA) is 109 Å². The van der Waals surface area contributed by atoms with Gasteiger partial charge in [0, 0.05) is 17.7 Å². The smallest absolute Gasteiger partial charge is 0.360 e. The molecular formula is C19H21F2N3O3. The predicted octanol–water partition coefficient (Wildman–Crippen LogP) is 2.81. The zero-order valence-corrected chi connectivity index (χ0v) is 14.7. The second kappa shape index (κ2) is 6.37. The third-order valence-electron chi connectivity index (χ3n) is 6.02. The molecule has 4 aliphatic rings. The molecule has 0 unspecified atom stereocenters. The van der Waals surface area contributed by atoms with E-state index < -0.39 is 28.9 Å². The van der Waals surface area contributed by atoms with E-state index in [-0.39, 0.29) is 11.0 Å². The summed E-state index contributed by atoms with van der Waals surface area (Å²) in [6, 6.07) is 1.46. The summed E-state index contributed by atoms with van der Waals surface area (Å²) >= 11 is 0. The maximum Gasteiger partial charge on any atom is 0.360 e. The van der Waals surface area contributed by atoms with Crippen LogP contribution in [0.1, 0.15) is 49.0 Å². The van der Waals surface area contributed by atoms with Gasteiger partial charge in [-0.25, -0.2) is 18.6 Å². The van der Waals surface area contributed by atoms with Gasteiger partial charge in [0.2, 0.25) is 5.69 Å². The van der Waals surface area contributed by atoms with E-state index in [4.69, 9.17) is 10.8 Å². The first-order valence-corrected chi connectivity index (χ1v) is 9.14. The number of hydrogen-bond donors (Lipinski definition) is 3. The maximum atomic E-state index is 12.8. The van der Waals surface area contributed by atoms with Gasteiger partial charge in [0.05, 0.1) is 11.0 Å². The van der Waals surface area contributed by atoms with Crippen LogP contribution in [0.15, 0.2) is 16.9 Å². The summed E-state index contributed by atoms with van der Waals surface area (Å²) in [6.07, 6.45) is 8.57. The molecule has 4 bridgehead atoms. The van der Waals surface area contributed by atoms with Gasteiger partial charge < -0.3 is 15.8 Å². The average Bonchev–Trinajstić information content (AvgIpc) is 2.54. The minimum Gasteiger partial charge on any atom is -0.476 e. The highest BCUT2D eigenvalue weighted by atomic mass is 19.2. The zero-order chi connectivity index (χ0) is 19.3. The molecule has 0 atom stereocenters. The number of aromatic carboxylic acids is 1. The number of fused-ring (bicyclic) bond motifs is 1. The summed E-state index contributed by atoms with van der Waals surface area (Å²) < 4.78 is 25.6. The predicted molar refractivity (Wildman–Crippen MR) is 94.3 cm³/mol. The third-order valence-corrected chi connectivity index (χ3v) is 6.02. The number of benzene rings is 1. The lowest BCUT2D eigenvalue weighted by Crippen LogP contribution is -2.55. The molecule has 0 spiro atoms. The van der Waals surface area contributed by atoms with Gasteiger partial charge in [-0.1, -0.05) is 0 Å². The quantitative estimate of drug-likeness (QED) is 0.708. The summed E-state index contributed by atoms with van der Waals surface area (Å²) in [5.74, 6) is -0.784. The second-order valence-corrected chi connectivity index (χ2v) is 8.28. The largest absolute Gasteiger partial charge is 0.476 e. The van der Waals surface area contributed by atoms with Gasteiger partial charge >= 0.3 is 5.97 Å². The SMILES string of the molecule is NC12CC3CC(CC(C3)C1)C2.O=C(O)c1nc2cc(F)c(F)cc2[nH]c1=O. The molecule has 6 rings (SSSR count). The Kier molecular flexibility index (Phi) is 4.25. The first-order valence-electron chi connectivity index (χ1n) is 9.14. The Morgan fingerprint density at radius 1 is 1.11 bits per heavy atom. The van der Waals surface area contributed by atoms with Crippen molar-refractivity contribution in [2.24, 2.45) is 23.5 Å². The van der Waals surface area contributed by atoms with Crippen LogP contribution in [0, 0.1) is 29.4 Å². The Bertz CT molecular complexity index is 937. The highest BCUT2D eigenvalue weighted by Gasteiger charge is 2.48. The molecular weight excluding hydrogens is 356 g/mol. The van der Waals surface area contributed by atoms with E-state index in [2.05, 4.69) is 9.97 Å². The van der Waals surface area contributed by atoms with Crippen LogP contribution in [-0.2, 0) is 0 Å². The molecule has 0 amide bonds. The molecule has 2 aromatic rings. The normalized spacial score (nSPS) is 30.9. The Balaban J connectivity index is 0.000000141. The number of hydrogen-bond acceptors (Lipinski definition) is 4. The van der Waals surface area contributed by atoms with Gasteiger partial charge in [-0.3, -0.25) is 4.79 Å². The number of nitrogens with two attached hydrogens (primary N) is 1. The van der Waals surface area contributed by atoms with E-state index in [9.17, 15) is 18.4 Å². The summed E-state index contributed by atoms with van der Waals surface area (Å²) in [6.45, 7) is 0. The first-order chi connectivity index (χ1) is 12.7. The molecule has 6 nitrogen and oxygen atoms in total. The van der Waals surface area contributed by atoms with Crippen molar-refractivity contribution in [2.75, 3.05) is 0 Å². The number of rotatable bonds is 1. The van der Waals surface area contributed by atoms with Crippen molar-refractivity contribution >= 4 is 17.0 Å². The van der Waals surface area contributed by atoms with Gasteiger partial charge in [-0.05, 0) is 56.3 Å². The van der Waals surface area contributed by atoms with Crippen LogP contribution < -0.4 is 11.3 Å². The Morgan fingerprint density at radius 3 is 2.11 bits per heavy atom. The number of carbonyl (C=O) groups is 1. The number of carboxylic acids is 1. The lowest BCUT2D eigenvalue weighted by Gasteiger charge is -2.55. The van der Waals surface area contributed by atoms with Crippen LogP contribution in [-0.4, -0.2) is 26.6 Å². The summed E-state index contributed by atoms with van der Waals surface area (Å²) in [4.78, 5) is 27.3. The van der Waals surface area contributed by atoms with E-state index in [0.717, 1.165) is 23.8 Å². The summed E-state index contributed by atoms with van der Waals surface area (Å²) in [7, 11) is 0. The fourth-order valence-corrected chi connectivity index (χ4v) is 5.40. The molecule has 8 heteroatoms. The third kappa shape index (κ3) is 3.45. The first kappa shape index (κ1) is 18.0. The lowest BCUT2D eigenvalue weighted by molar-refractivity contribution is 0.000361. The van der Waals surface area contributed by atoms with Gasteiger partial charge in [0.1, 0.15) is 0 Å². The molecule has 144 valence electrons. The van der Waals surface area contributed by atoms with Crippen LogP contribution >= 0.6 is 0 Å². The van der Waals surface area contributed by atoms with Crippen molar-refractivity contribution in [3.05, 3.63) is 39.8 Å². The van der Waals surface area contributed by atoms with Crippen molar-refractivity contribution in [1.82, 2.24) is 9.97 Å². The van der Waals surface area contributed by atoms with Crippen molar-refractivity contribution < 1.29 is 18.7 Å². The van der Waals surface area contributed by atoms with Gasteiger partial charge in [-0.15, -0.1) is 0 Å². The fourth-order valence-electron chi connectivity index (χ4n) is 5.40. The van der Waals surface area contributed by atoms with Crippen LogP contribution in [0.2, 0.25) is 0 Å². The van der Waals surface area contributed by atoms with E-state index >= 15 is 0 Å². The number of nitrogens with one attached hydrogen (secondary N) is 1. The molecule has 4 fully saturated rings. The minimum absolute atomic E-state index is 0.0612. The van der Waals surface area contributed by atoms with Crippen molar-refractivity contribution in [2.45, 2.75) is 44.1 Å². The number of nitrogens with zero attached hydrogens (tertiary/aromatic N) is 1. The maximum absolute atomic E-state index is 12.8. The molecule has 4 N–H and O–H groups in total. The molecule has 4 aliphatic carbocycles. The number of H-pyrrole nitrogens is 1. The molecule has 4 saturated carbocycles. The summed E-state index contributed by atoms with van der Waals surface area (Å²) in [5, 5.41) is 8.60. The summed E-state index contributed by atoms with van der Waals surface area (Å²) in [5.41, 5.74) is 4.70. The van der Waals surface area contributed by atoms with Crippen molar-refractivity contribution in [3.63, 3.8) is 0 Å². The Hall–Kier alpha value is -2.35. The highest BCUT2D eigenvalue weighted by molar-refractivity contribution is 5.87. The molecule has 1 heterocycles.